The summed E-state index contributed by atoms with van der Waals surface area (Å²) in [5.74, 6) is -2.99. The molecule has 2 fully saturated rings. The Morgan fingerprint density at radius 2 is 1.65 bits per heavy atom. The Balaban J connectivity index is 1.55. The predicted molar refractivity (Wildman–Crippen MR) is 172 cm³/mol. The van der Waals surface area contributed by atoms with E-state index in [1.54, 1.807) is 12.2 Å². The fourth-order valence-electron chi connectivity index (χ4n) is 6.66. The molecule has 3 aromatic rings. The average Bonchev–Trinajstić information content (AvgIpc) is 3.08. The number of piperidine rings is 1. The highest BCUT2D eigenvalue weighted by atomic mass is 16.7. The Kier molecular flexibility index (Phi) is 9.48. The monoisotopic (exact) mass is 659 g/mol. The molecule has 0 amide bonds. The van der Waals surface area contributed by atoms with E-state index >= 15 is 0 Å². The third-order valence-corrected chi connectivity index (χ3v) is 9.10. The molecule has 12 nitrogen and oxygen atoms in total. The number of ketones is 2. The van der Waals surface area contributed by atoms with E-state index in [2.05, 4.69) is 5.32 Å². The van der Waals surface area contributed by atoms with E-state index in [0.29, 0.717) is 25.9 Å². The van der Waals surface area contributed by atoms with Crippen LogP contribution in [0.15, 0.2) is 42.5 Å². The summed E-state index contributed by atoms with van der Waals surface area (Å²) in [5.41, 5.74) is 0.394. The van der Waals surface area contributed by atoms with Crippen molar-refractivity contribution in [2.24, 2.45) is 0 Å². The first-order chi connectivity index (χ1) is 23.0. The van der Waals surface area contributed by atoms with Crippen LogP contribution in [-0.4, -0.2) is 86.9 Å². The highest BCUT2D eigenvalue weighted by molar-refractivity contribution is 6.31. The second-order valence-corrected chi connectivity index (χ2v) is 12.2. The largest absolute Gasteiger partial charge is 0.507 e. The van der Waals surface area contributed by atoms with Crippen molar-refractivity contribution >= 4 is 29.7 Å². The highest BCUT2D eigenvalue weighted by Gasteiger charge is 2.45. The predicted octanol–water partition coefficient (Wildman–Crippen LogP) is 2.43. The number of aromatic hydroxyl groups is 1. The number of hydrogen-bond donors (Lipinski definition) is 6. The quantitative estimate of drug-likeness (QED) is 0.0966. The Morgan fingerprint density at radius 3 is 2.31 bits per heavy atom. The fraction of sp³-hybridized carbons (Fsp3) is 0.361. The number of ether oxygens (including phenoxy) is 3. The molecule has 6 rings (SSSR count). The van der Waals surface area contributed by atoms with Crippen molar-refractivity contribution in [3.8, 4) is 17.2 Å². The molecule has 2 heterocycles. The number of carbonyl (C=O) groups excluding carboxylic acids is 3. The van der Waals surface area contributed by atoms with Crippen LogP contribution >= 0.6 is 0 Å². The SMILES string of the molecule is CC(=O)Oc1cc(CO)c2c(c1C=Cc1ccccc1)C(=O)c1cc(OC3OC(C)C(O)C(O)C3O)c(C3CCNCC3)c(O)c1C2=O. The van der Waals surface area contributed by atoms with Crippen LogP contribution in [0.4, 0.5) is 0 Å². The maximum Gasteiger partial charge on any atom is 0.308 e. The van der Waals surface area contributed by atoms with Crippen molar-refractivity contribution in [1.82, 2.24) is 5.32 Å². The number of carbonyl (C=O) groups is 3. The topological polar surface area (TPSA) is 192 Å². The summed E-state index contributed by atoms with van der Waals surface area (Å²) in [6, 6.07) is 11.8. The molecule has 6 N–H and O–H groups in total. The lowest BCUT2D eigenvalue weighted by Gasteiger charge is -2.39. The third kappa shape index (κ3) is 6.02. The molecule has 0 spiro atoms. The Hall–Kier alpha value is -4.43. The summed E-state index contributed by atoms with van der Waals surface area (Å²) in [6.07, 6.45) is -2.74. The number of phenols is 1. The highest BCUT2D eigenvalue weighted by Crippen LogP contribution is 2.48. The van der Waals surface area contributed by atoms with Gasteiger partial charge in [0.15, 0.2) is 11.6 Å². The molecule has 3 aromatic carbocycles. The maximum atomic E-state index is 14.5. The molecular formula is C36H37NO11. The standard InChI is InChI=1S/C36H37NO11/c1-17-30(40)34(44)35(45)36(46-17)48-25-15-23-29(32(42)26(25)20-10-12-37-13-11-20)33(43)27-21(16-38)14-24(47-18(2)39)22(28(27)31(23)41)9-8-19-6-4-3-5-7-19/h3-9,14-15,17,20,30,34-38,40,42,44-45H,10-13,16H2,1-2H3. The van der Waals surface area contributed by atoms with Crippen molar-refractivity contribution in [2.75, 3.05) is 13.1 Å². The Labute approximate surface area is 276 Å². The van der Waals surface area contributed by atoms with Crippen molar-refractivity contribution in [3.05, 3.63) is 87.0 Å². The Morgan fingerprint density at radius 1 is 0.938 bits per heavy atom. The number of phenolic OH excluding ortho intramolecular Hbond substituents is 1. The first-order valence-corrected chi connectivity index (χ1v) is 15.8. The summed E-state index contributed by atoms with van der Waals surface area (Å²) in [4.78, 5) is 41.1. The minimum absolute atomic E-state index is 0.0329. The van der Waals surface area contributed by atoms with Gasteiger partial charge in [0.25, 0.3) is 0 Å². The van der Waals surface area contributed by atoms with Crippen LogP contribution in [-0.2, 0) is 16.1 Å². The van der Waals surface area contributed by atoms with Gasteiger partial charge in [-0.3, -0.25) is 14.4 Å². The van der Waals surface area contributed by atoms with Crippen LogP contribution in [0.3, 0.4) is 0 Å². The Bertz CT molecular complexity index is 1780. The first kappa shape index (κ1) is 33.5. The van der Waals surface area contributed by atoms with Gasteiger partial charge in [-0.2, -0.15) is 0 Å². The van der Waals surface area contributed by atoms with Crippen LogP contribution in [0, 0.1) is 0 Å². The van der Waals surface area contributed by atoms with Crippen LogP contribution in [0.5, 0.6) is 17.2 Å². The number of aliphatic hydroxyl groups is 4. The van der Waals surface area contributed by atoms with E-state index in [4.69, 9.17) is 14.2 Å². The number of benzene rings is 3. The number of esters is 1. The van der Waals surface area contributed by atoms with E-state index in [1.165, 1.54) is 26.0 Å². The van der Waals surface area contributed by atoms with Gasteiger partial charge in [-0.1, -0.05) is 36.4 Å². The van der Waals surface area contributed by atoms with Crippen LogP contribution in [0.1, 0.15) is 86.7 Å². The van der Waals surface area contributed by atoms with Crippen LogP contribution < -0.4 is 14.8 Å². The fourth-order valence-corrected chi connectivity index (χ4v) is 6.66. The molecule has 5 atom stereocenters. The van der Waals surface area contributed by atoms with Crippen molar-refractivity contribution < 1.29 is 54.1 Å². The van der Waals surface area contributed by atoms with Gasteiger partial charge in [0.05, 0.1) is 18.3 Å². The smallest absolute Gasteiger partial charge is 0.308 e. The van der Waals surface area contributed by atoms with Crippen LogP contribution in [0.25, 0.3) is 12.2 Å². The molecule has 0 radical (unpaired) electrons. The van der Waals surface area contributed by atoms with Gasteiger partial charge >= 0.3 is 5.97 Å². The summed E-state index contributed by atoms with van der Waals surface area (Å²) >= 11 is 0. The van der Waals surface area contributed by atoms with Gasteiger partial charge in [0.2, 0.25) is 6.29 Å². The molecule has 0 saturated carbocycles. The van der Waals surface area contributed by atoms with Gasteiger partial charge in [0.1, 0.15) is 35.6 Å². The molecule has 2 aliphatic heterocycles. The lowest BCUT2D eigenvalue weighted by molar-refractivity contribution is -0.268. The molecule has 2 saturated heterocycles. The molecule has 0 bridgehead atoms. The van der Waals surface area contributed by atoms with Gasteiger partial charge in [-0.15, -0.1) is 0 Å². The second kappa shape index (κ2) is 13.6. The molecule has 3 aliphatic rings. The lowest BCUT2D eigenvalue weighted by atomic mass is 9.76. The number of hydrogen-bond acceptors (Lipinski definition) is 12. The number of nitrogens with one attached hydrogen (secondary N) is 1. The van der Waals surface area contributed by atoms with Crippen molar-refractivity contribution in [1.29, 1.82) is 0 Å². The molecule has 48 heavy (non-hydrogen) atoms. The molecule has 5 unspecified atom stereocenters. The van der Waals surface area contributed by atoms with E-state index in [-0.39, 0.29) is 56.4 Å². The average molecular weight is 660 g/mol. The maximum absolute atomic E-state index is 14.5. The minimum Gasteiger partial charge on any atom is -0.507 e. The number of aliphatic hydroxyl groups excluding tert-OH is 4. The summed E-state index contributed by atoms with van der Waals surface area (Å²) in [7, 11) is 0. The summed E-state index contributed by atoms with van der Waals surface area (Å²) in [6.45, 7) is 3.22. The van der Waals surface area contributed by atoms with Gasteiger partial charge in [0, 0.05) is 34.7 Å². The van der Waals surface area contributed by atoms with Gasteiger partial charge < -0.3 is 45.1 Å². The zero-order valence-electron chi connectivity index (χ0n) is 26.4. The van der Waals surface area contributed by atoms with E-state index in [9.17, 15) is 39.9 Å². The van der Waals surface area contributed by atoms with Crippen molar-refractivity contribution in [2.45, 2.75) is 69.9 Å². The minimum atomic E-state index is -1.68. The second-order valence-electron chi connectivity index (χ2n) is 12.2. The van der Waals surface area contributed by atoms with Gasteiger partial charge in [-0.05, 0) is 68.1 Å². The number of fused-ring (bicyclic) bond motifs is 2. The third-order valence-electron chi connectivity index (χ3n) is 9.10. The molecular weight excluding hydrogens is 622 g/mol. The molecule has 0 aromatic heterocycles. The summed E-state index contributed by atoms with van der Waals surface area (Å²) in [5, 5.41) is 56.9. The molecule has 1 aliphatic carbocycles. The number of rotatable bonds is 7. The summed E-state index contributed by atoms with van der Waals surface area (Å²) < 4.78 is 17.3. The normalized spacial score (nSPS) is 24.3. The van der Waals surface area contributed by atoms with Gasteiger partial charge in [-0.25, -0.2) is 0 Å². The van der Waals surface area contributed by atoms with E-state index in [0.717, 1.165) is 5.56 Å². The molecule has 252 valence electrons. The zero-order valence-corrected chi connectivity index (χ0v) is 26.4. The molecule has 12 heteroatoms. The van der Waals surface area contributed by atoms with E-state index in [1.807, 2.05) is 30.3 Å². The zero-order chi connectivity index (χ0) is 34.3. The van der Waals surface area contributed by atoms with E-state index < -0.39 is 60.6 Å². The lowest BCUT2D eigenvalue weighted by Crippen LogP contribution is -2.58. The first-order valence-electron chi connectivity index (χ1n) is 15.8. The van der Waals surface area contributed by atoms with Crippen molar-refractivity contribution in [3.63, 3.8) is 0 Å². The van der Waals surface area contributed by atoms with Crippen LogP contribution in [0.2, 0.25) is 0 Å².